The summed E-state index contributed by atoms with van der Waals surface area (Å²) in [5.41, 5.74) is 1.52. The summed E-state index contributed by atoms with van der Waals surface area (Å²) in [6.45, 7) is 0.212. The minimum atomic E-state index is -0.445. The summed E-state index contributed by atoms with van der Waals surface area (Å²) < 4.78 is 0.834. The van der Waals surface area contributed by atoms with E-state index in [-0.39, 0.29) is 23.6 Å². The smallest absolute Gasteiger partial charge is 0.261 e. The van der Waals surface area contributed by atoms with Crippen LogP contribution < -0.4 is 5.32 Å². The molecule has 0 aliphatic carbocycles. The van der Waals surface area contributed by atoms with Gasteiger partial charge in [-0.3, -0.25) is 15.1 Å². The Morgan fingerprint density at radius 3 is 2.73 bits per heavy atom. The molecule has 0 saturated carbocycles. The molecule has 0 saturated heterocycles. The second kappa shape index (κ2) is 7.43. The van der Waals surface area contributed by atoms with Crippen molar-refractivity contribution in [3.63, 3.8) is 0 Å². The van der Waals surface area contributed by atoms with E-state index in [1.54, 1.807) is 36.4 Å². The molecule has 0 aliphatic rings. The first kappa shape index (κ1) is 17.1. The van der Waals surface area contributed by atoms with Crippen LogP contribution in [0, 0.1) is 22.7 Å². The van der Waals surface area contributed by atoms with Crippen LogP contribution in [0.25, 0.3) is 10.2 Å². The first-order chi connectivity index (χ1) is 12.6. The number of nitriles is 2. The van der Waals surface area contributed by atoms with Gasteiger partial charge in [0.1, 0.15) is 17.9 Å². The van der Waals surface area contributed by atoms with Gasteiger partial charge in [0.25, 0.3) is 5.91 Å². The van der Waals surface area contributed by atoms with Gasteiger partial charge in [0.15, 0.2) is 5.13 Å². The second-order valence-electron chi connectivity index (χ2n) is 5.18. The van der Waals surface area contributed by atoms with Crippen molar-refractivity contribution >= 4 is 38.3 Å². The summed E-state index contributed by atoms with van der Waals surface area (Å²) in [5.74, 6) is -0.545. The normalized spacial score (nSPS) is 9.92. The zero-order valence-electron chi connectivity index (χ0n) is 13.3. The summed E-state index contributed by atoms with van der Waals surface area (Å²) in [6.07, 6.45) is 0. The highest BCUT2D eigenvalue weighted by Gasteiger charge is 2.13. The van der Waals surface area contributed by atoms with Crippen LogP contribution in [0.15, 0.2) is 47.5 Å². The van der Waals surface area contributed by atoms with Crippen LogP contribution in [0.3, 0.4) is 0 Å². The van der Waals surface area contributed by atoms with E-state index in [9.17, 15) is 9.90 Å². The number of phenols is 1. The number of aromatic hydroxyl groups is 1. The predicted octanol–water partition coefficient (Wildman–Crippen LogP) is 3.24. The number of amides is 1. The standard InChI is InChI=1S/C18H11N5O2S/c19-8-12(9-20)21-10-11-5-6-14-16(7-11)26-18(22-14)23-17(25)13-3-1-2-4-15(13)24/h1-7,24H,10H2,(H,22,23,25). The maximum absolute atomic E-state index is 12.2. The first-order valence-corrected chi connectivity index (χ1v) is 8.26. The average Bonchev–Trinajstić information content (AvgIpc) is 3.04. The Kier molecular flexibility index (Phi) is 4.88. The third-order valence-corrected chi connectivity index (χ3v) is 4.39. The van der Waals surface area contributed by atoms with Gasteiger partial charge < -0.3 is 5.11 Å². The van der Waals surface area contributed by atoms with Crippen molar-refractivity contribution in [2.45, 2.75) is 6.54 Å². The first-order valence-electron chi connectivity index (χ1n) is 7.44. The highest BCUT2D eigenvalue weighted by atomic mass is 32.1. The molecule has 0 aliphatic heterocycles. The van der Waals surface area contributed by atoms with Crippen molar-refractivity contribution in [2.75, 3.05) is 5.32 Å². The van der Waals surface area contributed by atoms with Crippen molar-refractivity contribution in [1.82, 2.24) is 4.98 Å². The molecule has 1 aromatic heterocycles. The zero-order valence-corrected chi connectivity index (χ0v) is 14.1. The molecule has 7 nitrogen and oxygen atoms in total. The van der Waals surface area contributed by atoms with Crippen molar-refractivity contribution in [1.29, 1.82) is 10.5 Å². The minimum absolute atomic E-state index is 0.1000. The van der Waals surface area contributed by atoms with Crippen molar-refractivity contribution < 1.29 is 9.90 Å². The number of hydrogen-bond acceptors (Lipinski definition) is 7. The lowest BCUT2D eigenvalue weighted by molar-refractivity contribution is 0.102. The Morgan fingerprint density at radius 1 is 1.23 bits per heavy atom. The maximum atomic E-state index is 12.2. The van der Waals surface area contributed by atoms with Crippen molar-refractivity contribution in [3.8, 4) is 17.9 Å². The number of thiazole rings is 1. The maximum Gasteiger partial charge on any atom is 0.261 e. The Balaban J connectivity index is 1.81. The quantitative estimate of drug-likeness (QED) is 0.691. The number of aliphatic imine (C=N–C) groups is 1. The summed E-state index contributed by atoms with van der Waals surface area (Å²) >= 11 is 1.28. The molecule has 0 bridgehead atoms. The van der Waals surface area contributed by atoms with Gasteiger partial charge in [0.2, 0.25) is 5.71 Å². The van der Waals surface area contributed by atoms with Gasteiger partial charge in [-0.2, -0.15) is 10.5 Å². The number of carbonyl (C=O) groups excluding carboxylic acids is 1. The lowest BCUT2D eigenvalue weighted by atomic mass is 10.2. The molecule has 26 heavy (non-hydrogen) atoms. The second-order valence-corrected chi connectivity index (χ2v) is 6.21. The number of benzene rings is 2. The molecule has 1 heterocycles. The molecule has 2 N–H and O–H groups in total. The number of para-hydroxylation sites is 1. The highest BCUT2D eigenvalue weighted by molar-refractivity contribution is 7.22. The predicted molar refractivity (Wildman–Crippen MR) is 98.0 cm³/mol. The molecule has 0 spiro atoms. The summed E-state index contributed by atoms with van der Waals surface area (Å²) in [5, 5.41) is 30.2. The van der Waals surface area contributed by atoms with Crippen LogP contribution >= 0.6 is 11.3 Å². The lowest BCUT2D eigenvalue weighted by Crippen LogP contribution is -2.11. The van der Waals surface area contributed by atoms with Gasteiger partial charge in [-0.15, -0.1) is 0 Å². The third kappa shape index (κ3) is 3.66. The van der Waals surface area contributed by atoms with E-state index in [4.69, 9.17) is 10.5 Å². The van der Waals surface area contributed by atoms with Crippen LogP contribution in [0.1, 0.15) is 15.9 Å². The number of carbonyl (C=O) groups is 1. The number of anilines is 1. The molecular weight excluding hydrogens is 350 g/mol. The molecular formula is C18H11N5O2S. The van der Waals surface area contributed by atoms with Crippen LogP contribution in [0.2, 0.25) is 0 Å². The largest absolute Gasteiger partial charge is 0.507 e. The molecule has 0 fully saturated rings. The summed E-state index contributed by atoms with van der Waals surface area (Å²) in [7, 11) is 0. The topological polar surface area (TPSA) is 122 Å². The number of aromatic nitrogens is 1. The summed E-state index contributed by atoms with van der Waals surface area (Å²) in [6, 6.07) is 15.1. The Bertz CT molecular complexity index is 1090. The van der Waals surface area contributed by atoms with Crippen LogP contribution in [-0.4, -0.2) is 21.7 Å². The van der Waals surface area contributed by atoms with Gasteiger partial charge in [-0.1, -0.05) is 29.5 Å². The van der Waals surface area contributed by atoms with E-state index in [0.717, 1.165) is 10.3 Å². The van der Waals surface area contributed by atoms with E-state index in [0.29, 0.717) is 10.6 Å². The number of hydrogen-bond donors (Lipinski definition) is 2. The number of phenolic OH excluding ortho intramolecular Hbond substituents is 1. The zero-order chi connectivity index (χ0) is 18.5. The van der Waals surface area contributed by atoms with E-state index >= 15 is 0 Å². The lowest BCUT2D eigenvalue weighted by Gasteiger charge is -2.03. The average molecular weight is 361 g/mol. The fourth-order valence-corrected chi connectivity index (χ4v) is 3.14. The van der Waals surface area contributed by atoms with Crippen LogP contribution in [-0.2, 0) is 6.54 Å². The molecule has 2 aromatic carbocycles. The number of nitrogens with one attached hydrogen (secondary N) is 1. The van der Waals surface area contributed by atoms with Crippen LogP contribution in [0.4, 0.5) is 5.13 Å². The number of nitrogens with zero attached hydrogens (tertiary/aromatic N) is 4. The Labute approximate surface area is 152 Å². The van der Waals surface area contributed by atoms with Gasteiger partial charge in [-0.25, -0.2) is 4.98 Å². The molecule has 0 unspecified atom stereocenters. The minimum Gasteiger partial charge on any atom is -0.507 e. The van der Waals surface area contributed by atoms with E-state index < -0.39 is 5.91 Å². The fraction of sp³-hybridized carbons (Fsp3) is 0.0556. The third-order valence-electron chi connectivity index (χ3n) is 3.45. The molecule has 126 valence electrons. The molecule has 3 rings (SSSR count). The van der Waals surface area contributed by atoms with Gasteiger partial charge in [0, 0.05) is 0 Å². The van der Waals surface area contributed by atoms with E-state index in [1.807, 2.05) is 6.07 Å². The SMILES string of the molecule is N#CC(C#N)=NCc1ccc2nc(NC(=O)c3ccccc3O)sc2c1. The fourth-order valence-electron chi connectivity index (χ4n) is 2.22. The van der Waals surface area contributed by atoms with Crippen molar-refractivity contribution in [3.05, 3.63) is 53.6 Å². The monoisotopic (exact) mass is 361 g/mol. The molecule has 0 atom stereocenters. The Morgan fingerprint density at radius 2 is 2.00 bits per heavy atom. The van der Waals surface area contributed by atoms with Gasteiger partial charge in [-0.05, 0) is 29.8 Å². The molecule has 1 amide bonds. The molecule has 3 aromatic rings. The van der Waals surface area contributed by atoms with Gasteiger partial charge >= 0.3 is 0 Å². The van der Waals surface area contributed by atoms with E-state index in [2.05, 4.69) is 15.3 Å². The number of rotatable bonds is 4. The molecule has 0 radical (unpaired) electrons. The highest BCUT2D eigenvalue weighted by Crippen LogP contribution is 2.28. The number of fused-ring (bicyclic) bond motifs is 1. The van der Waals surface area contributed by atoms with Crippen LogP contribution in [0.5, 0.6) is 5.75 Å². The van der Waals surface area contributed by atoms with Crippen molar-refractivity contribution in [2.24, 2.45) is 4.99 Å². The van der Waals surface area contributed by atoms with E-state index in [1.165, 1.54) is 23.5 Å². The Hall–Kier alpha value is -3.75. The molecule has 8 heteroatoms. The van der Waals surface area contributed by atoms with Gasteiger partial charge in [0.05, 0.1) is 22.3 Å². The summed E-state index contributed by atoms with van der Waals surface area (Å²) in [4.78, 5) is 20.5.